The fourth-order valence-corrected chi connectivity index (χ4v) is 1.03. The summed E-state index contributed by atoms with van der Waals surface area (Å²) in [5, 5.41) is 6.51. The summed E-state index contributed by atoms with van der Waals surface area (Å²) in [5.41, 5.74) is 0.374. The molecule has 0 bridgehead atoms. The van der Waals surface area contributed by atoms with E-state index in [9.17, 15) is 13.2 Å². The summed E-state index contributed by atoms with van der Waals surface area (Å²) in [6.07, 6.45) is -2.46. The average molecular weight is 228 g/mol. The molecule has 1 atom stereocenters. The third-order valence-corrected chi connectivity index (χ3v) is 2.11. The van der Waals surface area contributed by atoms with Crippen LogP contribution in [0.25, 0.3) is 0 Å². The van der Waals surface area contributed by atoms with Gasteiger partial charge in [-0.1, -0.05) is 12.1 Å². The van der Waals surface area contributed by atoms with E-state index in [0.29, 0.717) is 12.1 Å². The lowest BCUT2D eigenvalue weighted by Crippen LogP contribution is -2.18. The van der Waals surface area contributed by atoms with E-state index in [1.54, 1.807) is 0 Å². The lowest BCUT2D eigenvalue weighted by molar-refractivity contribution is -0.142. The number of hydrogen-bond acceptors (Lipinski definition) is 2. The maximum absolute atomic E-state index is 11.9. The Bertz CT molecular complexity index is 297. The predicted molar refractivity (Wildman–Crippen MR) is 45.0 cm³/mol. The molecule has 0 aromatic carbocycles. The minimum Gasteiger partial charge on any atom is -0.243 e. The van der Waals surface area contributed by atoms with Crippen molar-refractivity contribution < 1.29 is 13.2 Å². The molecule has 0 aliphatic heterocycles. The van der Waals surface area contributed by atoms with Crippen molar-refractivity contribution in [2.75, 3.05) is 0 Å². The quantitative estimate of drug-likeness (QED) is 0.743. The molecular formula is C7H9ClF3N3. The van der Waals surface area contributed by atoms with Crippen LogP contribution < -0.4 is 0 Å². The van der Waals surface area contributed by atoms with Crippen LogP contribution in [0.2, 0.25) is 0 Å². The van der Waals surface area contributed by atoms with Crippen molar-refractivity contribution in [1.82, 2.24) is 15.0 Å². The van der Waals surface area contributed by atoms with Gasteiger partial charge in [-0.3, -0.25) is 0 Å². The van der Waals surface area contributed by atoms with E-state index >= 15 is 0 Å². The molecule has 7 heteroatoms. The van der Waals surface area contributed by atoms with Crippen LogP contribution in [0.15, 0.2) is 6.20 Å². The van der Waals surface area contributed by atoms with E-state index in [1.807, 2.05) is 6.92 Å². The number of halogens is 4. The normalized spacial score (nSPS) is 14.4. The first kappa shape index (κ1) is 11.3. The van der Waals surface area contributed by atoms with Crippen LogP contribution in [0, 0.1) is 0 Å². The first-order chi connectivity index (χ1) is 6.42. The number of alkyl halides is 4. The van der Waals surface area contributed by atoms with E-state index in [0.717, 1.165) is 4.68 Å². The average Bonchev–Trinajstić information content (AvgIpc) is 2.48. The molecule has 1 unspecified atom stereocenters. The van der Waals surface area contributed by atoms with Crippen molar-refractivity contribution in [2.45, 2.75) is 31.4 Å². The van der Waals surface area contributed by atoms with Crippen LogP contribution in [-0.4, -0.2) is 21.2 Å². The highest BCUT2D eigenvalue weighted by Crippen LogP contribution is 2.22. The Morgan fingerprint density at radius 3 is 2.71 bits per heavy atom. The largest absolute Gasteiger partial charge is 0.408 e. The zero-order valence-corrected chi connectivity index (χ0v) is 8.18. The van der Waals surface area contributed by atoms with Gasteiger partial charge in [0.15, 0.2) is 0 Å². The highest BCUT2D eigenvalue weighted by atomic mass is 35.5. The minimum absolute atomic E-state index is 0.374. The van der Waals surface area contributed by atoms with E-state index in [2.05, 4.69) is 10.3 Å². The van der Waals surface area contributed by atoms with E-state index in [4.69, 9.17) is 11.6 Å². The molecule has 0 fully saturated rings. The smallest absolute Gasteiger partial charge is 0.243 e. The van der Waals surface area contributed by atoms with Gasteiger partial charge in [-0.2, -0.15) is 13.2 Å². The van der Waals surface area contributed by atoms with Gasteiger partial charge in [0.05, 0.1) is 11.6 Å². The fraction of sp³-hybridized carbons (Fsp3) is 0.714. The van der Waals surface area contributed by atoms with Gasteiger partial charge < -0.3 is 0 Å². The van der Waals surface area contributed by atoms with Crippen molar-refractivity contribution in [1.29, 1.82) is 0 Å². The topological polar surface area (TPSA) is 30.7 Å². The zero-order chi connectivity index (χ0) is 10.8. The van der Waals surface area contributed by atoms with Crippen LogP contribution in [0.3, 0.4) is 0 Å². The Labute approximate surface area is 83.9 Å². The Morgan fingerprint density at radius 2 is 2.21 bits per heavy atom. The first-order valence-electron chi connectivity index (χ1n) is 4.03. The van der Waals surface area contributed by atoms with Crippen LogP contribution in [0.4, 0.5) is 13.2 Å². The standard InChI is InChI=1S/C7H9ClF3N3/c1-2-5(8)6-3-14(13-12-6)4-7(9,10)11/h3,5H,2,4H2,1H3. The van der Waals surface area contributed by atoms with E-state index < -0.39 is 12.7 Å². The van der Waals surface area contributed by atoms with Gasteiger partial charge in [0.2, 0.25) is 0 Å². The van der Waals surface area contributed by atoms with Crippen LogP contribution in [0.1, 0.15) is 24.4 Å². The number of aromatic nitrogens is 3. The molecule has 1 aromatic heterocycles. The van der Waals surface area contributed by atoms with Gasteiger partial charge in [0, 0.05) is 0 Å². The number of hydrogen-bond donors (Lipinski definition) is 0. The van der Waals surface area contributed by atoms with Gasteiger partial charge in [-0.25, -0.2) is 4.68 Å². The molecule has 14 heavy (non-hydrogen) atoms. The SMILES string of the molecule is CCC(Cl)c1cn(CC(F)(F)F)nn1. The molecule has 0 N–H and O–H groups in total. The lowest BCUT2D eigenvalue weighted by Gasteiger charge is -2.04. The summed E-state index contributed by atoms with van der Waals surface area (Å²) in [5.74, 6) is 0. The minimum atomic E-state index is -4.28. The summed E-state index contributed by atoms with van der Waals surface area (Å²) in [6.45, 7) is 0.688. The Kier molecular flexibility index (Phi) is 3.36. The van der Waals surface area contributed by atoms with Gasteiger partial charge in [0.25, 0.3) is 0 Å². The van der Waals surface area contributed by atoms with Crippen LogP contribution >= 0.6 is 11.6 Å². The molecule has 0 amide bonds. The Hall–Kier alpha value is -0.780. The molecule has 3 nitrogen and oxygen atoms in total. The highest BCUT2D eigenvalue weighted by Gasteiger charge is 2.28. The summed E-state index contributed by atoms with van der Waals surface area (Å²) < 4.78 is 36.5. The highest BCUT2D eigenvalue weighted by molar-refractivity contribution is 6.20. The van der Waals surface area contributed by atoms with Crippen LogP contribution in [0.5, 0.6) is 0 Å². The van der Waals surface area contributed by atoms with E-state index in [-0.39, 0.29) is 5.38 Å². The molecule has 0 aliphatic rings. The van der Waals surface area contributed by atoms with Gasteiger partial charge in [0.1, 0.15) is 12.2 Å². The second-order valence-corrected chi connectivity index (χ2v) is 3.36. The summed E-state index contributed by atoms with van der Waals surface area (Å²) >= 11 is 5.78. The predicted octanol–water partition coefficient (Wildman–Crippen LogP) is 2.53. The molecule has 0 radical (unpaired) electrons. The first-order valence-corrected chi connectivity index (χ1v) is 4.47. The molecule has 0 saturated carbocycles. The molecule has 1 heterocycles. The number of rotatable bonds is 3. The van der Waals surface area contributed by atoms with Crippen molar-refractivity contribution in [2.24, 2.45) is 0 Å². The molecule has 80 valence electrons. The Balaban J connectivity index is 2.69. The molecule has 0 aliphatic carbocycles. The zero-order valence-electron chi connectivity index (χ0n) is 7.42. The van der Waals surface area contributed by atoms with Gasteiger partial charge in [-0.15, -0.1) is 16.7 Å². The molecular weight excluding hydrogens is 219 g/mol. The number of nitrogens with zero attached hydrogens (tertiary/aromatic N) is 3. The Morgan fingerprint density at radius 1 is 1.57 bits per heavy atom. The molecule has 1 aromatic rings. The lowest BCUT2D eigenvalue weighted by atomic mass is 10.3. The second kappa shape index (κ2) is 4.16. The summed E-state index contributed by atoms with van der Waals surface area (Å²) in [6, 6.07) is 0. The summed E-state index contributed by atoms with van der Waals surface area (Å²) in [7, 11) is 0. The summed E-state index contributed by atoms with van der Waals surface area (Å²) in [4.78, 5) is 0. The van der Waals surface area contributed by atoms with Crippen molar-refractivity contribution in [3.63, 3.8) is 0 Å². The maximum atomic E-state index is 11.9. The van der Waals surface area contributed by atoms with Crippen molar-refractivity contribution in [3.8, 4) is 0 Å². The second-order valence-electron chi connectivity index (χ2n) is 2.83. The monoisotopic (exact) mass is 227 g/mol. The van der Waals surface area contributed by atoms with Crippen molar-refractivity contribution >= 4 is 11.6 Å². The molecule has 1 rings (SSSR count). The third kappa shape index (κ3) is 3.17. The van der Waals surface area contributed by atoms with Gasteiger partial charge in [-0.05, 0) is 6.42 Å². The van der Waals surface area contributed by atoms with Gasteiger partial charge >= 0.3 is 6.18 Å². The third-order valence-electron chi connectivity index (χ3n) is 1.58. The fourth-order valence-electron chi connectivity index (χ4n) is 0.927. The maximum Gasteiger partial charge on any atom is 0.408 e. The van der Waals surface area contributed by atoms with Crippen LogP contribution in [-0.2, 0) is 6.54 Å². The molecule has 0 spiro atoms. The molecule has 0 saturated heterocycles. The van der Waals surface area contributed by atoms with Crippen molar-refractivity contribution in [3.05, 3.63) is 11.9 Å². The van der Waals surface area contributed by atoms with E-state index in [1.165, 1.54) is 6.20 Å².